The summed E-state index contributed by atoms with van der Waals surface area (Å²) in [6.45, 7) is 0.506. The summed E-state index contributed by atoms with van der Waals surface area (Å²) >= 11 is 0. The quantitative estimate of drug-likeness (QED) is 0.281. The van der Waals surface area contributed by atoms with E-state index >= 15 is 0 Å². The number of hydrogen-bond donors (Lipinski definition) is 1. The van der Waals surface area contributed by atoms with E-state index in [1.807, 2.05) is 60.7 Å². The molecule has 4 atom stereocenters. The SMILES string of the molecule is CS(=O)(=O)O[C@@H]1CO[C@H](c2ccccc2)O[C@@H]1C[C@H](N=[N+]=[N-])NCc1ccccc1. The highest BCUT2D eigenvalue weighted by Crippen LogP contribution is 2.30. The molecule has 1 aliphatic rings. The van der Waals surface area contributed by atoms with Crippen molar-refractivity contribution in [3.8, 4) is 0 Å². The molecule has 1 aliphatic heterocycles. The molecule has 1 N–H and O–H groups in total. The largest absolute Gasteiger partial charge is 0.346 e. The molecule has 0 unspecified atom stereocenters. The van der Waals surface area contributed by atoms with Gasteiger partial charge in [-0.05, 0) is 17.5 Å². The second-order valence-electron chi connectivity index (χ2n) is 6.91. The van der Waals surface area contributed by atoms with Crippen LogP contribution in [0.2, 0.25) is 0 Å². The average Bonchev–Trinajstić information content (AvgIpc) is 2.74. The summed E-state index contributed by atoms with van der Waals surface area (Å²) in [4.78, 5) is 2.91. The first kappa shape index (κ1) is 22.2. The fourth-order valence-electron chi connectivity index (χ4n) is 3.17. The van der Waals surface area contributed by atoms with E-state index in [2.05, 4.69) is 15.3 Å². The van der Waals surface area contributed by atoms with Crippen LogP contribution in [0.15, 0.2) is 65.8 Å². The van der Waals surface area contributed by atoms with Gasteiger partial charge in [-0.2, -0.15) is 8.42 Å². The van der Waals surface area contributed by atoms with E-state index in [1.54, 1.807) is 0 Å². The number of benzene rings is 2. The van der Waals surface area contributed by atoms with Crippen LogP contribution in [-0.2, 0) is 30.3 Å². The average molecular weight is 433 g/mol. The molecule has 0 saturated carbocycles. The van der Waals surface area contributed by atoms with Gasteiger partial charge in [0.2, 0.25) is 0 Å². The molecular formula is C20H24N4O5S. The van der Waals surface area contributed by atoms with E-state index in [-0.39, 0.29) is 13.0 Å². The summed E-state index contributed by atoms with van der Waals surface area (Å²) in [5.41, 5.74) is 10.8. The molecule has 0 radical (unpaired) electrons. The lowest BCUT2D eigenvalue weighted by atomic mass is 10.1. The molecule has 1 fully saturated rings. The van der Waals surface area contributed by atoms with E-state index in [9.17, 15) is 8.42 Å². The van der Waals surface area contributed by atoms with Crippen LogP contribution in [0.3, 0.4) is 0 Å². The van der Waals surface area contributed by atoms with Crippen molar-refractivity contribution in [3.63, 3.8) is 0 Å². The summed E-state index contributed by atoms with van der Waals surface area (Å²) in [5, 5.41) is 6.98. The van der Waals surface area contributed by atoms with Gasteiger partial charge < -0.3 is 14.8 Å². The molecule has 0 aliphatic carbocycles. The summed E-state index contributed by atoms with van der Waals surface area (Å²) in [6, 6.07) is 19.0. The normalized spacial score (nSPS) is 22.8. The zero-order valence-corrected chi connectivity index (χ0v) is 17.3. The van der Waals surface area contributed by atoms with Gasteiger partial charge >= 0.3 is 0 Å². The molecule has 3 rings (SSSR count). The molecule has 1 saturated heterocycles. The summed E-state index contributed by atoms with van der Waals surface area (Å²) < 4.78 is 40.3. The Balaban J connectivity index is 1.73. The van der Waals surface area contributed by atoms with Gasteiger partial charge in [0.25, 0.3) is 10.1 Å². The lowest BCUT2D eigenvalue weighted by Crippen LogP contribution is -2.46. The Hall–Kier alpha value is -2.46. The Morgan fingerprint density at radius 2 is 1.87 bits per heavy atom. The van der Waals surface area contributed by atoms with E-state index in [0.717, 1.165) is 17.4 Å². The van der Waals surface area contributed by atoms with E-state index in [1.165, 1.54) is 0 Å². The second-order valence-corrected chi connectivity index (χ2v) is 8.51. The van der Waals surface area contributed by atoms with Crippen LogP contribution >= 0.6 is 0 Å². The van der Waals surface area contributed by atoms with Crippen LogP contribution < -0.4 is 5.32 Å². The number of nitrogens with one attached hydrogen (secondary N) is 1. The highest BCUT2D eigenvalue weighted by molar-refractivity contribution is 7.86. The minimum atomic E-state index is -3.73. The van der Waals surface area contributed by atoms with E-state index < -0.39 is 34.8 Å². The van der Waals surface area contributed by atoms with Crippen molar-refractivity contribution in [3.05, 3.63) is 82.2 Å². The first-order valence-electron chi connectivity index (χ1n) is 9.46. The number of rotatable bonds is 9. The lowest BCUT2D eigenvalue weighted by molar-refractivity contribution is -0.253. The minimum absolute atomic E-state index is 0.0268. The molecule has 0 amide bonds. The van der Waals surface area contributed by atoms with Crippen molar-refractivity contribution in [2.75, 3.05) is 12.9 Å². The molecule has 0 bridgehead atoms. The minimum Gasteiger partial charge on any atom is -0.346 e. The Labute approximate surface area is 175 Å². The van der Waals surface area contributed by atoms with Gasteiger partial charge in [-0.1, -0.05) is 65.8 Å². The molecule has 30 heavy (non-hydrogen) atoms. The number of hydrogen-bond acceptors (Lipinski definition) is 7. The topological polar surface area (TPSA) is 123 Å². The Bertz CT molecular complexity index is 952. The maximum Gasteiger partial charge on any atom is 0.264 e. The van der Waals surface area contributed by atoms with Crippen LogP contribution in [0.1, 0.15) is 23.8 Å². The van der Waals surface area contributed by atoms with Crippen molar-refractivity contribution < 1.29 is 22.1 Å². The third kappa shape index (κ3) is 6.81. The Kier molecular flexibility index (Phi) is 7.81. The van der Waals surface area contributed by atoms with Crippen molar-refractivity contribution >= 4 is 10.1 Å². The van der Waals surface area contributed by atoms with Crippen LogP contribution in [-0.4, -0.2) is 39.7 Å². The molecule has 0 spiro atoms. The lowest BCUT2D eigenvalue weighted by Gasteiger charge is -2.37. The molecule has 160 valence electrons. The summed E-state index contributed by atoms with van der Waals surface area (Å²) in [5.74, 6) is 0. The number of azide groups is 1. The zero-order chi connectivity index (χ0) is 21.4. The molecular weight excluding hydrogens is 408 g/mol. The molecule has 2 aromatic rings. The first-order chi connectivity index (χ1) is 14.4. The van der Waals surface area contributed by atoms with Gasteiger partial charge in [0.05, 0.1) is 25.1 Å². The standard InChI is InChI=1S/C20H24N4O5S/c1-30(25,26)29-18-14-27-20(16-10-6-3-7-11-16)28-17(18)12-19(23-24-21)22-13-15-8-4-2-5-9-15/h2-11,17-20,22H,12-14H2,1H3/t17-,18-,19+,20+/m1/s1. The predicted octanol–water partition coefficient (Wildman–Crippen LogP) is 3.26. The van der Waals surface area contributed by atoms with Crippen molar-refractivity contribution in [2.24, 2.45) is 5.11 Å². The van der Waals surface area contributed by atoms with Gasteiger partial charge in [0, 0.05) is 17.0 Å². The smallest absolute Gasteiger partial charge is 0.264 e. The number of ether oxygens (including phenoxy) is 2. The van der Waals surface area contributed by atoms with Crippen LogP contribution in [0.4, 0.5) is 0 Å². The van der Waals surface area contributed by atoms with Crippen molar-refractivity contribution in [1.82, 2.24) is 5.32 Å². The second kappa shape index (κ2) is 10.5. The highest BCUT2D eigenvalue weighted by Gasteiger charge is 2.37. The van der Waals surface area contributed by atoms with Crippen molar-refractivity contribution in [2.45, 2.75) is 37.6 Å². The van der Waals surface area contributed by atoms with Gasteiger partial charge in [0.15, 0.2) is 6.29 Å². The third-order valence-corrected chi connectivity index (χ3v) is 5.12. The van der Waals surface area contributed by atoms with Crippen LogP contribution in [0.5, 0.6) is 0 Å². The van der Waals surface area contributed by atoms with Gasteiger partial charge in [0.1, 0.15) is 6.10 Å². The Morgan fingerprint density at radius 1 is 1.20 bits per heavy atom. The fourth-order valence-corrected chi connectivity index (χ4v) is 3.80. The highest BCUT2D eigenvalue weighted by atomic mass is 32.2. The van der Waals surface area contributed by atoms with Gasteiger partial charge in [-0.15, -0.1) is 0 Å². The molecule has 10 heteroatoms. The van der Waals surface area contributed by atoms with Gasteiger partial charge in [-0.3, -0.25) is 4.18 Å². The molecule has 9 nitrogen and oxygen atoms in total. The predicted molar refractivity (Wildman–Crippen MR) is 111 cm³/mol. The third-order valence-electron chi connectivity index (χ3n) is 4.53. The summed E-state index contributed by atoms with van der Waals surface area (Å²) in [6.07, 6.45) is -1.63. The fraction of sp³-hybridized carbons (Fsp3) is 0.400. The molecule has 2 aromatic carbocycles. The summed E-state index contributed by atoms with van der Waals surface area (Å²) in [7, 11) is -3.73. The van der Waals surface area contributed by atoms with E-state index in [4.69, 9.17) is 19.2 Å². The van der Waals surface area contributed by atoms with Crippen molar-refractivity contribution in [1.29, 1.82) is 0 Å². The Morgan fingerprint density at radius 3 is 2.50 bits per heavy atom. The zero-order valence-electron chi connectivity index (χ0n) is 16.5. The monoisotopic (exact) mass is 432 g/mol. The maximum absolute atomic E-state index is 11.7. The van der Waals surface area contributed by atoms with Crippen LogP contribution in [0, 0.1) is 0 Å². The van der Waals surface area contributed by atoms with Gasteiger partial charge in [-0.25, -0.2) is 0 Å². The maximum atomic E-state index is 11.7. The number of nitrogens with zero attached hydrogens (tertiary/aromatic N) is 3. The van der Waals surface area contributed by atoms with Crippen LogP contribution in [0.25, 0.3) is 10.4 Å². The molecule has 0 aromatic heterocycles. The molecule has 1 heterocycles. The van der Waals surface area contributed by atoms with E-state index in [0.29, 0.717) is 6.54 Å². The first-order valence-corrected chi connectivity index (χ1v) is 11.3.